The molecule has 6 nitrogen and oxygen atoms in total. The van der Waals surface area contributed by atoms with Crippen molar-refractivity contribution in [3.05, 3.63) is 66.2 Å². The van der Waals surface area contributed by atoms with Gasteiger partial charge in [-0.1, -0.05) is 30.3 Å². The number of hydrogen-bond donors (Lipinski definition) is 3. The van der Waals surface area contributed by atoms with Crippen LogP contribution in [-0.4, -0.2) is 58.1 Å². The molecule has 3 aromatic carbocycles. The highest BCUT2D eigenvalue weighted by Crippen LogP contribution is 2.37. The minimum atomic E-state index is -0.158. The van der Waals surface area contributed by atoms with Crippen LogP contribution >= 0.6 is 35.6 Å². The Morgan fingerprint density at radius 1 is 0.892 bits per heavy atom. The fourth-order valence-electron chi connectivity index (χ4n) is 4.31. The van der Waals surface area contributed by atoms with E-state index in [1.165, 1.54) is 0 Å². The van der Waals surface area contributed by atoms with Crippen molar-refractivity contribution in [3.63, 3.8) is 0 Å². The van der Waals surface area contributed by atoms with Gasteiger partial charge >= 0.3 is 0 Å². The van der Waals surface area contributed by atoms with Gasteiger partial charge < -0.3 is 25.2 Å². The molecule has 0 saturated heterocycles. The number of aliphatic hydroxyl groups excluding tert-OH is 1. The number of benzene rings is 3. The van der Waals surface area contributed by atoms with Gasteiger partial charge in [0.15, 0.2) is 0 Å². The Morgan fingerprint density at radius 2 is 1.65 bits per heavy atom. The molecule has 0 fully saturated rings. The van der Waals surface area contributed by atoms with E-state index < -0.39 is 0 Å². The summed E-state index contributed by atoms with van der Waals surface area (Å²) in [5, 5.41) is 25.0. The summed E-state index contributed by atoms with van der Waals surface area (Å²) in [5.74, 6) is 2.02. The molecule has 1 aromatic heterocycles. The van der Waals surface area contributed by atoms with Gasteiger partial charge in [-0.25, -0.2) is 4.98 Å². The highest BCUT2D eigenvalue weighted by molar-refractivity contribution is 6.18. The number of phenols is 1. The van der Waals surface area contributed by atoms with Crippen molar-refractivity contribution in [2.24, 2.45) is 0 Å². The molecular weight excluding hydrogens is 533 g/mol. The lowest BCUT2D eigenvalue weighted by Gasteiger charge is -2.19. The topological polar surface area (TPSA) is 77.8 Å². The lowest BCUT2D eigenvalue weighted by molar-refractivity contribution is 0.269. The van der Waals surface area contributed by atoms with E-state index in [0.29, 0.717) is 29.6 Å². The number of rotatable bonds is 13. The maximum Gasteiger partial charge on any atom is 0.145 e. The number of phenolic OH excluding ortho intramolecular Hbond substituents is 1. The first-order valence-electron chi connectivity index (χ1n) is 12.1. The molecule has 0 amide bonds. The van der Waals surface area contributed by atoms with Gasteiger partial charge in [-0.05, 0) is 49.2 Å². The smallest absolute Gasteiger partial charge is 0.145 e. The molecule has 4 aromatic rings. The highest BCUT2D eigenvalue weighted by atomic mass is 35.5. The van der Waals surface area contributed by atoms with E-state index in [1.54, 1.807) is 12.1 Å². The molecule has 0 atom stereocenters. The lowest BCUT2D eigenvalue weighted by Crippen LogP contribution is -2.29. The largest absolute Gasteiger partial charge is 0.508 e. The number of halogens is 3. The summed E-state index contributed by atoms with van der Waals surface area (Å²) in [7, 11) is 0. The summed E-state index contributed by atoms with van der Waals surface area (Å²) < 4.78 is 6.20. The van der Waals surface area contributed by atoms with Crippen LogP contribution in [0.15, 0.2) is 60.7 Å². The summed E-state index contributed by atoms with van der Waals surface area (Å²) in [5.41, 5.74) is 3.78. The van der Waals surface area contributed by atoms with Gasteiger partial charge in [-0.15, -0.1) is 35.6 Å². The van der Waals surface area contributed by atoms with Gasteiger partial charge in [0.2, 0.25) is 0 Å². The number of nitrogens with zero attached hydrogens (tertiary/aromatic N) is 2. The van der Waals surface area contributed by atoms with E-state index in [1.807, 2.05) is 48.5 Å². The number of alkyl halides is 2. The average molecular weight is 565 g/mol. The Morgan fingerprint density at radius 3 is 2.41 bits per heavy atom. The SMILES string of the molecule is Cl.OCc1cc(O)cc(Nc2c3ccccc3nc3c(OCCCCN(CCCl)CCCl)cccc23)c1. The zero-order chi connectivity index (χ0) is 25.3. The number of nitrogens with one attached hydrogen (secondary N) is 1. The summed E-state index contributed by atoms with van der Waals surface area (Å²) in [6.45, 7) is 3.04. The van der Waals surface area contributed by atoms with Crippen molar-refractivity contribution in [2.45, 2.75) is 19.4 Å². The van der Waals surface area contributed by atoms with Gasteiger partial charge in [0.1, 0.15) is 17.0 Å². The lowest BCUT2D eigenvalue weighted by atomic mass is 10.1. The monoisotopic (exact) mass is 563 g/mol. The fraction of sp³-hybridized carbons (Fsp3) is 0.321. The Balaban J connectivity index is 0.00000380. The quantitative estimate of drug-likeness (QED) is 0.0954. The summed E-state index contributed by atoms with van der Waals surface area (Å²) in [6, 6.07) is 18.8. The standard InChI is InChI=1S/C28H31Cl2N3O3.ClH/c29-10-13-33(14-11-30)12-3-4-15-36-26-9-5-7-24-27(23-6-1-2-8-25(23)32-28(24)26)31-21-16-20(19-34)17-22(35)18-21;/h1-2,5-9,16-18,34-35H,3-4,10-15,19H2,(H,31,32);1H. The van der Waals surface area contributed by atoms with Crippen LogP contribution in [0.4, 0.5) is 11.4 Å². The van der Waals surface area contributed by atoms with Crippen molar-refractivity contribution < 1.29 is 14.9 Å². The normalized spacial score (nSPS) is 11.1. The Labute approximate surface area is 233 Å². The molecule has 198 valence electrons. The van der Waals surface area contributed by atoms with Crippen LogP contribution < -0.4 is 10.1 Å². The summed E-state index contributed by atoms with van der Waals surface area (Å²) in [4.78, 5) is 7.19. The van der Waals surface area contributed by atoms with Crippen molar-refractivity contribution in [1.29, 1.82) is 0 Å². The molecule has 9 heteroatoms. The molecule has 0 unspecified atom stereocenters. The van der Waals surface area contributed by atoms with Crippen molar-refractivity contribution in [2.75, 3.05) is 43.3 Å². The number of aromatic hydroxyl groups is 1. The average Bonchev–Trinajstić information content (AvgIpc) is 2.88. The van der Waals surface area contributed by atoms with E-state index >= 15 is 0 Å². The van der Waals surface area contributed by atoms with E-state index in [4.69, 9.17) is 32.9 Å². The molecule has 0 saturated carbocycles. The van der Waals surface area contributed by atoms with E-state index in [0.717, 1.165) is 65.7 Å². The van der Waals surface area contributed by atoms with Crippen LogP contribution in [0.2, 0.25) is 0 Å². The number of hydrogen-bond acceptors (Lipinski definition) is 6. The second-order valence-corrected chi connectivity index (χ2v) is 9.36. The third-order valence-corrected chi connectivity index (χ3v) is 6.37. The number of ether oxygens (including phenoxy) is 1. The van der Waals surface area contributed by atoms with E-state index in [9.17, 15) is 10.2 Å². The van der Waals surface area contributed by atoms with Crippen molar-refractivity contribution >= 4 is 68.8 Å². The number of aromatic nitrogens is 1. The Bertz CT molecular complexity index is 1300. The number of fused-ring (bicyclic) bond motifs is 2. The van der Waals surface area contributed by atoms with Crippen LogP contribution in [-0.2, 0) is 6.61 Å². The molecule has 1 heterocycles. The molecule has 0 aliphatic rings. The number of para-hydroxylation sites is 2. The molecular formula is C28H32Cl3N3O3. The summed E-state index contributed by atoms with van der Waals surface area (Å²) >= 11 is 11.8. The molecule has 4 rings (SSSR count). The molecule has 0 spiro atoms. The van der Waals surface area contributed by atoms with E-state index in [2.05, 4.69) is 10.2 Å². The minimum Gasteiger partial charge on any atom is -0.508 e. The molecule has 0 aliphatic carbocycles. The second-order valence-electron chi connectivity index (χ2n) is 8.60. The first-order chi connectivity index (χ1) is 17.6. The Hall–Kier alpha value is -2.48. The van der Waals surface area contributed by atoms with Gasteiger partial charge in [-0.3, -0.25) is 0 Å². The van der Waals surface area contributed by atoms with Gasteiger partial charge in [-0.2, -0.15) is 0 Å². The van der Waals surface area contributed by atoms with Gasteiger partial charge in [0.25, 0.3) is 0 Å². The molecule has 3 N–H and O–H groups in total. The zero-order valence-electron chi connectivity index (χ0n) is 20.5. The summed E-state index contributed by atoms with van der Waals surface area (Å²) in [6.07, 6.45) is 1.90. The second kappa shape index (κ2) is 14.5. The minimum absolute atomic E-state index is 0. The van der Waals surface area contributed by atoms with Gasteiger partial charge in [0, 0.05) is 47.4 Å². The van der Waals surface area contributed by atoms with Crippen LogP contribution in [0.3, 0.4) is 0 Å². The number of pyridine rings is 1. The predicted molar refractivity (Wildman–Crippen MR) is 156 cm³/mol. The third kappa shape index (κ3) is 7.53. The zero-order valence-corrected chi connectivity index (χ0v) is 22.8. The molecule has 0 aliphatic heterocycles. The third-order valence-electron chi connectivity index (χ3n) is 6.03. The first-order valence-corrected chi connectivity index (χ1v) is 13.2. The number of aliphatic hydroxyl groups is 1. The Kier molecular flexibility index (Phi) is 11.4. The van der Waals surface area contributed by atoms with Gasteiger partial charge in [0.05, 0.1) is 24.4 Å². The van der Waals surface area contributed by atoms with E-state index in [-0.39, 0.29) is 24.8 Å². The van der Waals surface area contributed by atoms with Crippen molar-refractivity contribution in [3.8, 4) is 11.5 Å². The molecule has 0 radical (unpaired) electrons. The van der Waals surface area contributed by atoms with Crippen LogP contribution in [0, 0.1) is 0 Å². The molecule has 37 heavy (non-hydrogen) atoms. The fourth-order valence-corrected chi connectivity index (χ4v) is 4.79. The molecule has 0 bridgehead atoms. The van der Waals surface area contributed by atoms with Crippen LogP contribution in [0.5, 0.6) is 11.5 Å². The highest BCUT2D eigenvalue weighted by Gasteiger charge is 2.14. The van der Waals surface area contributed by atoms with Crippen molar-refractivity contribution in [1.82, 2.24) is 9.88 Å². The number of unbranched alkanes of at least 4 members (excludes halogenated alkanes) is 1. The van der Waals surface area contributed by atoms with Crippen LogP contribution in [0.25, 0.3) is 21.8 Å². The first kappa shape index (κ1) is 29.1. The predicted octanol–water partition coefficient (Wildman–Crippen LogP) is 6.69. The maximum atomic E-state index is 10.1. The maximum absolute atomic E-state index is 10.1. The van der Waals surface area contributed by atoms with Crippen LogP contribution in [0.1, 0.15) is 18.4 Å². The number of anilines is 2.